The van der Waals surface area contributed by atoms with Crippen LogP contribution in [0.2, 0.25) is 0 Å². The molecule has 3 rings (SSSR count). The Bertz CT molecular complexity index is 708. The summed E-state index contributed by atoms with van der Waals surface area (Å²) in [7, 11) is 0. The molecule has 1 saturated heterocycles. The Morgan fingerprint density at radius 3 is 2.48 bits per heavy atom. The minimum Gasteiger partial charge on any atom is -0.276 e. The highest BCUT2D eigenvalue weighted by Gasteiger charge is 2.62. The average molecular weight is 289 g/mol. The fourth-order valence-corrected chi connectivity index (χ4v) is 2.46. The topological polar surface area (TPSA) is 110 Å². The number of non-ortho nitro benzene ring substituents is 1. The lowest BCUT2D eigenvalue weighted by atomic mass is 10.0. The van der Waals surface area contributed by atoms with Crippen LogP contribution in [0.5, 0.6) is 0 Å². The van der Waals surface area contributed by atoms with Gasteiger partial charge in [-0.1, -0.05) is 0 Å². The number of nitrogens with zero attached hydrogens (tertiary/aromatic N) is 2. The van der Waals surface area contributed by atoms with Crippen LogP contribution in [0.15, 0.2) is 18.2 Å². The molecule has 108 valence electrons. The number of urea groups is 1. The van der Waals surface area contributed by atoms with Gasteiger partial charge in [-0.2, -0.15) is 0 Å². The maximum absolute atomic E-state index is 12.4. The van der Waals surface area contributed by atoms with Gasteiger partial charge in [0.05, 0.1) is 10.6 Å². The Hall–Kier alpha value is -2.77. The second-order valence-electron chi connectivity index (χ2n) is 5.21. The SMILES string of the molecule is Cc1cc([N+](=O)[O-])ccc1N1C(=O)NC(=O)C2(CC2)C1=O. The smallest absolute Gasteiger partial charge is 0.276 e. The molecule has 1 aromatic rings. The highest BCUT2D eigenvalue weighted by Crippen LogP contribution is 2.50. The maximum Gasteiger partial charge on any atom is 0.335 e. The molecule has 8 nitrogen and oxygen atoms in total. The predicted molar refractivity (Wildman–Crippen MR) is 70.5 cm³/mol. The third-order valence-electron chi connectivity index (χ3n) is 3.85. The van der Waals surface area contributed by atoms with E-state index < -0.39 is 28.2 Å². The van der Waals surface area contributed by atoms with Gasteiger partial charge < -0.3 is 0 Å². The van der Waals surface area contributed by atoms with Crippen molar-refractivity contribution >= 4 is 29.2 Å². The van der Waals surface area contributed by atoms with Crippen molar-refractivity contribution < 1.29 is 19.3 Å². The first-order valence-corrected chi connectivity index (χ1v) is 6.32. The van der Waals surface area contributed by atoms with E-state index in [9.17, 15) is 24.5 Å². The highest BCUT2D eigenvalue weighted by molar-refractivity contribution is 6.31. The van der Waals surface area contributed by atoms with Crippen molar-refractivity contribution in [3.63, 3.8) is 0 Å². The number of carbonyl (C=O) groups is 3. The Morgan fingerprint density at radius 2 is 1.95 bits per heavy atom. The lowest BCUT2D eigenvalue weighted by Crippen LogP contribution is -2.59. The van der Waals surface area contributed by atoms with E-state index in [0.717, 1.165) is 4.90 Å². The third-order valence-corrected chi connectivity index (χ3v) is 3.85. The largest absolute Gasteiger partial charge is 0.335 e. The summed E-state index contributed by atoms with van der Waals surface area (Å²) < 4.78 is 0. The lowest BCUT2D eigenvalue weighted by molar-refractivity contribution is -0.384. The molecule has 2 aliphatic rings. The minimum absolute atomic E-state index is 0.127. The second-order valence-corrected chi connectivity index (χ2v) is 5.21. The van der Waals surface area contributed by atoms with E-state index >= 15 is 0 Å². The van der Waals surface area contributed by atoms with Crippen molar-refractivity contribution in [1.82, 2.24) is 5.32 Å². The van der Waals surface area contributed by atoms with Crippen LogP contribution in [-0.4, -0.2) is 22.8 Å². The Kier molecular flexibility index (Phi) is 2.59. The fraction of sp³-hybridized carbons (Fsp3) is 0.308. The fourth-order valence-electron chi connectivity index (χ4n) is 2.46. The van der Waals surface area contributed by atoms with Crippen LogP contribution in [0.3, 0.4) is 0 Å². The first kappa shape index (κ1) is 13.2. The van der Waals surface area contributed by atoms with Gasteiger partial charge in [0.15, 0.2) is 0 Å². The Balaban J connectivity index is 2.03. The number of rotatable bonds is 2. The Labute approximate surface area is 118 Å². The zero-order chi connectivity index (χ0) is 15.4. The van der Waals surface area contributed by atoms with Gasteiger partial charge in [-0.05, 0) is 31.4 Å². The van der Waals surface area contributed by atoms with E-state index in [0.29, 0.717) is 18.4 Å². The molecule has 4 amide bonds. The normalized spacial score (nSPS) is 19.7. The number of barbiturate groups is 1. The van der Waals surface area contributed by atoms with Gasteiger partial charge in [0.1, 0.15) is 5.41 Å². The second kappa shape index (κ2) is 4.11. The Morgan fingerprint density at radius 1 is 1.29 bits per heavy atom. The first-order chi connectivity index (χ1) is 9.86. The molecule has 0 aromatic heterocycles. The molecular weight excluding hydrogens is 278 g/mol. The number of amides is 4. The van der Waals surface area contributed by atoms with Crippen LogP contribution in [-0.2, 0) is 9.59 Å². The lowest BCUT2D eigenvalue weighted by Gasteiger charge is -2.30. The molecule has 1 aliphatic carbocycles. The first-order valence-electron chi connectivity index (χ1n) is 6.32. The molecule has 1 spiro atoms. The highest BCUT2D eigenvalue weighted by atomic mass is 16.6. The number of hydrogen-bond donors (Lipinski definition) is 1. The summed E-state index contributed by atoms with van der Waals surface area (Å²) in [6.07, 6.45) is 0.820. The summed E-state index contributed by atoms with van der Waals surface area (Å²) in [5.74, 6) is -1.12. The van der Waals surface area contributed by atoms with Gasteiger partial charge in [-0.25, -0.2) is 9.69 Å². The molecule has 1 aromatic carbocycles. The third kappa shape index (κ3) is 1.79. The van der Waals surface area contributed by atoms with Crippen molar-refractivity contribution in [3.05, 3.63) is 33.9 Å². The molecule has 0 radical (unpaired) electrons. The summed E-state index contributed by atoms with van der Waals surface area (Å²) in [5.41, 5.74) is -0.597. The molecule has 1 aliphatic heterocycles. The van der Waals surface area contributed by atoms with Gasteiger partial charge in [0, 0.05) is 12.1 Å². The van der Waals surface area contributed by atoms with E-state index in [1.165, 1.54) is 18.2 Å². The molecule has 1 heterocycles. The van der Waals surface area contributed by atoms with E-state index in [1.54, 1.807) is 6.92 Å². The summed E-state index contributed by atoms with van der Waals surface area (Å²) in [6.45, 7) is 1.57. The molecule has 8 heteroatoms. The van der Waals surface area contributed by atoms with Crippen molar-refractivity contribution in [2.45, 2.75) is 19.8 Å². The zero-order valence-corrected chi connectivity index (χ0v) is 11.1. The number of carbonyl (C=O) groups excluding carboxylic acids is 3. The molecule has 0 bridgehead atoms. The van der Waals surface area contributed by atoms with E-state index in [4.69, 9.17) is 0 Å². The van der Waals surface area contributed by atoms with Crippen LogP contribution in [0.1, 0.15) is 18.4 Å². The number of nitro groups is 1. The predicted octanol–water partition coefficient (Wildman–Crippen LogP) is 1.27. The van der Waals surface area contributed by atoms with E-state index in [1.807, 2.05) is 0 Å². The standard InChI is InChI=1S/C13H11N3O5/c1-7-6-8(16(20)21)2-3-9(7)15-11(18)13(4-5-13)10(17)14-12(15)19/h2-3,6H,4-5H2,1H3,(H,14,17,19). The molecular formula is C13H11N3O5. The molecule has 0 unspecified atom stereocenters. The van der Waals surface area contributed by atoms with Crippen LogP contribution in [0.25, 0.3) is 0 Å². The van der Waals surface area contributed by atoms with Crippen molar-refractivity contribution in [2.75, 3.05) is 4.90 Å². The number of nitro benzene ring substituents is 1. The van der Waals surface area contributed by atoms with Crippen LogP contribution < -0.4 is 10.2 Å². The van der Waals surface area contributed by atoms with Crippen LogP contribution >= 0.6 is 0 Å². The summed E-state index contributed by atoms with van der Waals surface area (Å²) in [5, 5.41) is 12.9. The molecule has 1 saturated carbocycles. The van der Waals surface area contributed by atoms with Crippen LogP contribution in [0.4, 0.5) is 16.2 Å². The van der Waals surface area contributed by atoms with Crippen molar-refractivity contribution in [3.8, 4) is 0 Å². The molecule has 1 N–H and O–H groups in total. The monoisotopic (exact) mass is 289 g/mol. The number of hydrogen-bond acceptors (Lipinski definition) is 5. The van der Waals surface area contributed by atoms with Gasteiger partial charge in [0.2, 0.25) is 5.91 Å². The quantitative estimate of drug-likeness (QED) is 0.501. The average Bonchev–Trinajstić information content (AvgIpc) is 3.20. The molecule has 2 fully saturated rings. The minimum atomic E-state index is -1.14. The zero-order valence-electron chi connectivity index (χ0n) is 11.1. The maximum atomic E-state index is 12.4. The van der Waals surface area contributed by atoms with Crippen molar-refractivity contribution in [2.24, 2.45) is 5.41 Å². The van der Waals surface area contributed by atoms with E-state index in [-0.39, 0.29) is 11.4 Å². The number of benzene rings is 1. The molecule has 21 heavy (non-hydrogen) atoms. The number of anilines is 1. The number of nitrogens with one attached hydrogen (secondary N) is 1. The number of aryl methyl sites for hydroxylation is 1. The number of imide groups is 2. The van der Waals surface area contributed by atoms with Gasteiger partial charge in [-0.15, -0.1) is 0 Å². The van der Waals surface area contributed by atoms with Gasteiger partial charge in [-0.3, -0.25) is 25.0 Å². The summed E-state index contributed by atoms with van der Waals surface area (Å²) in [6, 6.07) is 3.03. The summed E-state index contributed by atoms with van der Waals surface area (Å²) in [4.78, 5) is 47.2. The van der Waals surface area contributed by atoms with Gasteiger partial charge in [0.25, 0.3) is 11.6 Å². The van der Waals surface area contributed by atoms with Crippen LogP contribution in [0, 0.1) is 22.5 Å². The van der Waals surface area contributed by atoms with Crippen molar-refractivity contribution in [1.29, 1.82) is 0 Å². The van der Waals surface area contributed by atoms with Gasteiger partial charge >= 0.3 is 6.03 Å². The molecule has 0 atom stereocenters. The van der Waals surface area contributed by atoms with E-state index in [2.05, 4.69) is 5.32 Å². The summed E-state index contributed by atoms with van der Waals surface area (Å²) >= 11 is 0.